The number of furan rings is 1. The van der Waals surface area contributed by atoms with Crippen molar-refractivity contribution >= 4 is 5.91 Å². The molecule has 6 nitrogen and oxygen atoms in total. The van der Waals surface area contributed by atoms with E-state index in [2.05, 4.69) is 10.4 Å². The van der Waals surface area contributed by atoms with E-state index in [4.69, 9.17) is 9.15 Å². The molecule has 0 radical (unpaired) electrons. The molecule has 1 aromatic carbocycles. The number of carbonyl (C=O) groups is 1. The summed E-state index contributed by atoms with van der Waals surface area (Å²) in [5, 5.41) is 7.61. The quantitative estimate of drug-likeness (QED) is 0.627. The van der Waals surface area contributed by atoms with Crippen molar-refractivity contribution in [3.63, 3.8) is 0 Å². The van der Waals surface area contributed by atoms with Crippen LogP contribution in [0.15, 0.2) is 59.2 Å². The molecule has 1 atom stereocenters. The van der Waals surface area contributed by atoms with E-state index in [9.17, 15) is 4.79 Å². The smallest absolute Gasteiger partial charge is 0.227 e. The molecule has 2 heterocycles. The Bertz CT molecular complexity index is 841. The van der Waals surface area contributed by atoms with E-state index in [1.807, 2.05) is 60.1 Å². The molecule has 0 aliphatic rings. The molecule has 27 heavy (non-hydrogen) atoms. The summed E-state index contributed by atoms with van der Waals surface area (Å²) in [6.07, 6.45) is 2.38. The number of hydrogen-bond donors (Lipinski definition) is 1. The van der Waals surface area contributed by atoms with E-state index in [-0.39, 0.29) is 11.8 Å². The third-order valence-electron chi connectivity index (χ3n) is 4.48. The largest absolute Gasteiger partial charge is 0.463 e. The van der Waals surface area contributed by atoms with Gasteiger partial charge >= 0.3 is 0 Å². The predicted octanol–water partition coefficient (Wildman–Crippen LogP) is 3.60. The third-order valence-corrected chi connectivity index (χ3v) is 4.48. The summed E-state index contributed by atoms with van der Waals surface area (Å²) < 4.78 is 12.5. The lowest BCUT2D eigenvalue weighted by atomic mass is 9.96. The minimum Gasteiger partial charge on any atom is -0.463 e. The molecule has 0 aliphatic heterocycles. The summed E-state index contributed by atoms with van der Waals surface area (Å²) in [4.78, 5) is 12.7. The molecule has 0 fully saturated rings. The second-order valence-electron chi connectivity index (χ2n) is 6.30. The van der Waals surface area contributed by atoms with Gasteiger partial charge in [0, 0.05) is 7.11 Å². The van der Waals surface area contributed by atoms with Crippen molar-refractivity contribution in [3.8, 4) is 11.5 Å². The molecule has 3 rings (SSSR count). The zero-order valence-corrected chi connectivity index (χ0v) is 15.7. The van der Waals surface area contributed by atoms with E-state index >= 15 is 0 Å². The fraction of sp³-hybridized carbons (Fsp3) is 0.333. The SMILES string of the molecule is CC[C@H](C(=O)NCc1cc(-c2ccco2)n(CCOC)n1)c1ccccc1. The number of methoxy groups -OCH3 is 1. The van der Waals surface area contributed by atoms with Crippen LogP contribution in [0.3, 0.4) is 0 Å². The first kappa shape index (κ1) is 18.9. The second-order valence-corrected chi connectivity index (χ2v) is 6.30. The van der Waals surface area contributed by atoms with Crippen LogP contribution in [0.2, 0.25) is 0 Å². The molecule has 1 N–H and O–H groups in total. The third kappa shape index (κ3) is 4.65. The van der Waals surface area contributed by atoms with Crippen molar-refractivity contribution in [3.05, 3.63) is 66.1 Å². The first-order valence-electron chi connectivity index (χ1n) is 9.15. The standard InChI is InChI=1S/C21H25N3O3/c1-3-18(16-8-5-4-6-9-16)21(25)22-15-17-14-19(20-10-7-12-27-20)24(23-17)11-13-26-2/h4-10,12,14,18H,3,11,13,15H2,1-2H3,(H,22,25)/t18-/m0/s1. The lowest BCUT2D eigenvalue weighted by Crippen LogP contribution is -2.29. The van der Waals surface area contributed by atoms with Crippen molar-refractivity contribution in [2.75, 3.05) is 13.7 Å². The molecule has 3 aromatic rings. The molecule has 0 spiro atoms. The molecular weight excluding hydrogens is 342 g/mol. The van der Waals surface area contributed by atoms with Crippen LogP contribution in [0.25, 0.3) is 11.5 Å². The van der Waals surface area contributed by atoms with Gasteiger partial charge < -0.3 is 14.5 Å². The van der Waals surface area contributed by atoms with Gasteiger partial charge in [-0.15, -0.1) is 0 Å². The second kappa shape index (κ2) is 9.19. The van der Waals surface area contributed by atoms with Crippen LogP contribution in [0.4, 0.5) is 0 Å². The van der Waals surface area contributed by atoms with E-state index in [1.165, 1.54) is 0 Å². The maximum absolute atomic E-state index is 12.7. The summed E-state index contributed by atoms with van der Waals surface area (Å²) in [6, 6.07) is 15.5. The molecule has 2 aromatic heterocycles. The molecule has 0 saturated carbocycles. The average Bonchev–Trinajstić information content (AvgIpc) is 3.36. The van der Waals surface area contributed by atoms with E-state index in [0.717, 1.165) is 29.1 Å². The Hall–Kier alpha value is -2.86. The van der Waals surface area contributed by atoms with Crippen molar-refractivity contribution in [1.82, 2.24) is 15.1 Å². The number of benzene rings is 1. The Morgan fingerprint density at radius 2 is 2.07 bits per heavy atom. The molecule has 0 unspecified atom stereocenters. The highest BCUT2D eigenvalue weighted by Gasteiger charge is 2.19. The van der Waals surface area contributed by atoms with Crippen molar-refractivity contribution in [2.45, 2.75) is 32.4 Å². The Kier molecular flexibility index (Phi) is 6.44. The van der Waals surface area contributed by atoms with Crippen LogP contribution in [-0.2, 0) is 22.6 Å². The number of carbonyl (C=O) groups excluding carboxylic acids is 1. The fourth-order valence-corrected chi connectivity index (χ4v) is 3.09. The van der Waals surface area contributed by atoms with E-state index < -0.39 is 0 Å². The molecule has 6 heteroatoms. The predicted molar refractivity (Wildman–Crippen MR) is 103 cm³/mol. The van der Waals surface area contributed by atoms with E-state index in [1.54, 1.807) is 13.4 Å². The lowest BCUT2D eigenvalue weighted by molar-refractivity contribution is -0.122. The number of nitrogens with zero attached hydrogens (tertiary/aromatic N) is 2. The minimum atomic E-state index is -0.161. The van der Waals surface area contributed by atoms with Crippen molar-refractivity contribution < 1.29 is 13.9 Å². The van der Waals surface area contributed by atoms with Gasteiger partial charge in [-0.05, 0) is 30.2 Å². The summed E-state index contributed by atoms with van der Waals surface area (Å²) in [5.74, 6) is 0.591. The highest BCUT2D eigenvalue weighted by Crippen LogP contribution is 2.22. The number of rotatable bonds is 9. The Morgan fingerprint density at radius 3 is 2.74 bits per heavy atom. The number of aromatic nitrogens is 2. The zero-order valence-electron chi connectivity index (χ0n) is 15.7. The van der Waals surface area contributed by atoms with Crippen molar-refractivity contribution in [2.24, 2.45) is 0 Å². The van der Waals surface area contributed by atoms with Gasteiger partial charge in [0.2, 0.25) is 5.91 Å². The summed E-state index contributed by atoms with van der Waals surface area (Å²) in [5.41, 5.74) is 2.68. The lowest BCUT2D eigenvalue weighted by Gasteiger charge is -2.14. The topological polar surface area (TPSA) is 69.3 Å². The Labute approximate surface area is 159 Å². The van der Waals surface area contributed by atoms with Gasteiger partial charge in [0.1, 0.15) is 5.69 Å². The number of ether oxygens (including phenoxy) is 1. The first-order chi connectivity index (χ1) is 13.2. The van der Waals surface area contributed by atoms with Gasteiger partial charge in [-0.2, -0.15) is 5.10 Å². The zero-order chi connectivity index (χ0) is 19.1. The Morgan fingerprint density at radius 1 is 1.26 bits per heavy atom. The van der Waals surface area contributed by atoms with E-state index in [0.29, 0.717) is 19.7 Å². The normalized spacial score (nSPS) is 12.1. The van der Waals surface area contributed by atoms with Gasteiger partial charge in [-0.25, -0.2) is 0 Å². The van der Waals surface area contributed by atoms with Gasteiger partial charge in [0.05, 0.1) is 37.6 Å². The molecule has 142 valence electrons. The molecule has 0 aliphatic carbocycles. The van der Waals surface area contributed by atoms with Crippen LogP contribution in [0, 0.1) is 0 Å². The maximum atomic E-state index is 12.7. The van der Waals surface area contributed by atoms with Gasteiger partial charge in [-0.1, -0.05) is 37.3 Å². The summed E-state index contributed by atoms with van der Waals surface area (Å²) in [6.45, 7) is 3.55. The van der Waals surface area contributed by atoms with Crippen LogP contribution in [-0.4, -0.2) is 29.4 Å². The highest BCUT2D eigenvalue weighted by atomic mass is 16.5. The van der Waals surface area contributed by atoms with Crippen LogP contribution < -0.4 is 5.32 Å². The fourth-order valence-electron chi connectivity index (χ4n) is 3.09. The van der Waals surface area contributed by atoms with Gasteiger partial charge in [0.15, 0.2) is 5.76 Å². The summed E-state index contributed by atoms with van der Waals surface area (Å²) in [7, 11) is 1.66. The molecule has 0 bridgehead atoms. The molecule has 1 amide bonds. The monoisotopic (exact) mass is 367 g/mol. The number of amides is 1. The van der Waals surface area contributed by atoms with Gasteiger partial charge in [-0.3, -0.25) is 9.48 Å². The minimum absolute atomic E-state index is 0.00897. The molecular formula is C21H25N3O3. The van der Waals surface area contributed by atoms with Crippen LogP contribution in [0.1, 0.15) is 30.5 Å². The van der Waals surface area contributed by atoms with Crippen LogP contribution >= 0.6 is 0 Å². The average molecular weight is 367 g/mol. The number of nitrogens with one attached hydrogen (secondary N) is 1. The summed E-state index contributed by atoms with van der Waals surface area (Å²) >= 11 is 0. The number of hydrogen-bond acceptors (Lipinski definition) is 4. The van der Waals surface area contributed by atoms with Gasteiger partial charge in [0.25, 0.3) is 0 Å². The maximum Gasteiger partial charge on any atom is 0.227 e. The Balaban J connectivity index is 1.71. The van der Waals surface area contributed by atoms with Crippen LogP contribution in [0.5, 0.6) is 0 Å². The highest BCUT2D eigenvalue weighted by molar-refractivity contribution is 5.83. The van der Waals surface area contributed by atoms with Crippen molar-refractivity contribution in [1.29, 1.82) is 0 Å². The first-order valence-corrected chi connectivity index (χ1v) is 9.15. The molecule has 0 saturated heterocycles.